The number of Topliss-reactive ketones (excluding diaryl/α,β-unsaturated/α-hetero) is 1. The molecule has 4 aliphatic rings. The molecule has 1 unspecified atom stereocenters. The van der Waals surface area contributed by atoms with Crippen molar-refractivity contribution in [1.82, 2.24) is 20.5 Å². The van der Waals surface area contributed by atoms with Crippen LogP contribution < -0.4 is 20.1 Å². The summed E-state index contributed by atoms with van der Waals surface area (Å²) in [5, 5.41) is 6.45. The van der Waals surface area contributed by atoms with Gasteiger partial charge in [0.1, 0.15) is 52.0 Å². The van der Waals surface area contributed by atoms with Crippen molar-refractivity contribution in [3.63, 3.8) is 0 Å². The van der Waals surface area contributed by atoms with Crippen LogP contribution in [0.3, 0.4) is 0 Å². The number of benzene rings is 1. The van der Waals surface area contributed by atoms with Gasteiger partial charge in [-0.25, -0.2) is 14.6 Å². The number of fused-ring (bicyclic) bond motifs is 3. The molecule has 52 heavy (non-hydrogen) atoms. The molecule has 3 amide bonds. The molecule has 5 atom stereocenters. The Balaban J connectivity index is 1.33. The summed E-state index contributed by atoms with van der Waals surface area (Å²) in [6.45, 7) is -0.0171. The number of methoxy groups -OCH3 is 2. The van der Waals surface area contributed by atoms with Crippen molar-refractivity contribution in [1.29, 1.82) is 0 Å². The Bertz CT molecular complexity index is 1750. The molecule has 13 nitrogen and oxygen atoms in total. The van der Waals surface area contributed by atoms with Gasteiger partial charge in [0, 0.05) is 23.8 Å². The number of amides is 3. The topological polar surface area (TPSA) is 162 Å². The number of carbonyl (C=O) groups is 5. The second kappa shape index (κ2) is 16.4. The van der Waals surface area contributed by atoms with Crippen molar-refractivity contribution in [3.05, 3.63) is 41.1 Å². The van der Waals surface area contributed by atoms with Gasteiger partial charge in [-0.15, -0.1) is 0 Å². The van der Waals surface area contributed by atoms with E-state index in [2.05, 4.69) is 31.5 Å². The van der Waals surface area contributed by atoms with Crippen molar-refractivity contribution in [2.75, 3.05) is 26.1 Å². The van der Waals surface area contributed by atoms with Gasteiger partial charge >= 0.3 is 12.1 Å². The minimum Gasteiger partial charge on any atom is -0.495 e. The van der Waals surface area contributed by atoms with Crippen LogP contribution in [0.5, 0.6) is 11.5 Å². The lowest BCUT2D eigenvalue weighted by Gasteiger charge is -2.29. The highest BCUT2D eigenvalue weighted by molar-refractivity contribution is 9.09. The average molecular weight is 804 g/mol. The lowest BCUT2D eigenvalue weighted by Crippen LogP contribution is -2.56. The first-order valence-electron chi connectivity index (χ1n) is 17.9. The zero-order chi connectivity index (χ0) is 37.0. The van der Waals surface area contributed by atoms with E-state index in [9.17, 15) is 24.0 Å². The second-order valence-corrected chi connectivity index (χ2v) is 14.8. The third-order valence-electron chi connectivity index (χ3n) is 10.4. The molecule has 1 aromatic heterocycles. The number of ether oxygens (including phenoxy) is 4. The van der Waals surface area contributed by atoms with Gasteiger partial charge in [0.25, 0.3) is 0 Å². The van der Waals surface area contributed by atoms with Crippen LogP contribution in [0, 0.1) is 5.92 Å². The number of halogens is 2. The number of pyridine rings is 1. The predicted molar refractivity (Wildman–Crippen MR) is 195 cm³/mol. The van der Waals surface area contributed by atoms with Crippen LogP contribution in [0.15, 0.2) is 30.4 Å². The normalized spacial score (nSPS) is 26.7. The summed E-state index contributed by atoms with van der Waals surface area (Å²) in [7, 11) is 2.75. The summed E-state index contributed by atoms with van der Waals surface area (Å²) in [6, 6.07) is 2.89. The second-order valence-electron chi connectivity index (χ2n) is 13.9. The molecule has 3 heterocycles. The molecule has 15 heteroatoms. The third-order valence-corrected chi connectivity index (χ3v) is 11.3. The monoisotopic (exact) mass is 802 g/mol. The molecule has 2 saturated carbocycles. The number of hydrogen-bond acceptors (Lipinski definition) is 10. The first kappa shape index (κ1) is 37.8. The Kier molecular flexibility index (Phi) is 11.9. The average Bonchev–Trinajstić information content (AvgIpc) is 3.42. The summed E-state index contributed by atoms with van der Waals surface area (Å²) < 4.78 is 22.7. The van der Waals surface area contributed by atoms with E-state index < -0.39 is 47.6 Å². The van der Waals surface area contributed by atoms with Gasteiger partial charge in [-0.05, 0) is 63.5 Å². The van der Waals surface area contributed by atoms with E-state index in [4.69, 9.17) is 30.5 Å². The third kappa shape index (κ3) is 8.02. The number of alkyl halides is 1. The summed E-state index contributed by atoms with van der Waals surface area (Å²) in [5.74, 6) is -1.46. The predicted octanol–water partition coefficient (Wildman–Crippen LogP) is 5.43. The van der Waals surface area contributed by atoms with Gasteiger partial charge in [0.2, 0.25) is 11.8 Å². The van der Waals surface area contributed by atoms with Crippen LogP contribution in [0.2, 0.25) is 5.02 Å². The van der Waals surface area contributed by atoms with E-state index in [1.807, 2.05) is 12.2 Å². The molecular formula is C37H44BrClN4O9. The minimum atomic E-state index is -1.25. The van der Waals surface area contributed by atoms with Gasteiger partial charge in [0.05, 0.1) is 31.6 Å². The Morgan fingerprint density at radius 3 is 2.56 bits per heavy atom. The number of nitrogens with zero attached hydrogens (tertiary/aromatic N) is 2. The minimum absolute atomic E-state index is 0.0101. The van der Waals surface area contributed by atoms with Crippen molar-refractivity contribution in [2.45, 2.75) is 100 Å². The lowest BCUT2D eigenvalue weighted by molar-refractivity contribution is -0.148. The number of aromatic nitrogens is 1. The summed E-state index contributed by atoms with van der Waals surface area (Å²) >= 11 is 9.84. The molecule has 1 saturated heterocycles. The van der Waals surface area contributed by atoms with Crippen molar-refractivity contribution < 1.29 is 42.9 Å². The maximum absolute atomic E-state index is 14.5. The Morgan fingerprint density at radius 2 is 1.83 bits per heavy atom. The Hall–Kier alpha value is -3.91. The van der Waals surface area contributed by atoms with Crippen LogP contribution in [-0.4, -0.2) is 95.5 Å². The van der Waals surface area contributed by atoms with E-state index >= 15 is 0 Å². The molecule has 280 valence electrons. The standard InChI is InChI=1S/C37H44BrClN4O9/c1-49-29-15-14-24-30(17-26(28(44)19-38)40-32(24)31(29)39)51-23-16-27-33(45)42-37(35(47)50-2)18-21(37)10-6-4-3-5-7-13-25(34(46)43(27)20-23)41-36(48)52-22-11-8-9-12-22/h6,10,14-15,17,21-23,25,27H,3-5,7-9,11-13,16,18-20H2,1-2H3,(H,41,48)(H,42,45)/t21?,23-,25+,27+,37-/m1/s1. The van der Waals surface area contributed by atoms with E-state index in [1.54, 1.807) is 12.1 Å². The smallest absolute Gasteiger partial charge is 0.408 e. The molecule has 2 aromatic rings. The van der Waals surface area contributed by atoms with Crippen LogP contribution in [0.1, 0.15) is 81.1 Å². The Labute approximate surface area is 315 Å². The van der Waals surface area contributed by atoms with E-state index in [0.717, 1.165) is 44.9 Å². The molecule has 2 aliphatic carbocycles. The highest BCUT2D eigenvalue weighted by atomic mass is 79.9. The highest BCUT2D eigenvalue weighted by Crippen LogP contribution is 2.46. The van der Waals surface area contributed by atoms with Crippen LogP contribution in [0.25, 0.3) is 10.9 Å². The van der Waals surface area contributed by atoms with Crippen molar-refractivity contribution >= 4 is 68.1 Å². The highest BCUT2D eigenvalue weighted by Gasteiger charge is 2.62. The fraction of sp³-hybridized carbons (Fsp3) is 0.568. The zero-order valence-corrected chi connectivity index (χ0v) is 31.6. The number of ketones is 1. The number of hydrogen-bond donors (Lipinski definition) is 2. The van der Waals surface area contributed by atoms with E-state index in [1.165, 1.54) is 25.2 Å². The quantitative estimate of drug-likeness (QED) is 0.152. The molecule has 2 N–H and O–H groups in total. The molecule has 6 rings (SSSR count). The summed E-state index contributed by atoms with van der Waals surface area (Å²) in [6.07, 6.45) is 9.77. The Morgan fingerprint density at radius 1 is 1.06 bits per heavy atom. The van der Waals surface area contributed by atoms with Crippen LogP contribution in [-0.2, 0) is 23.9 Å². The SMILES string of the molecule is COC(=O)[C@@]12CC1C=CCCCCC[C@H](NC(=O)OC1CCCC1)C(=O)N1C[C@H](Oc3cc(C(=O)CBr)nc4c(Cl)c(OC)ccc34)C[C@H]1C(=O)N2. The summed E-state index contributed by atoms with van der Waals surface area (Å²) in [5.41, 5.74) is -0.850. The number of carbonyl (C=O) groups excluding carboxylic acids is 5. The van der Waals surface area contributed by atoms with Crippen LogP contribution >= 0.6 is 27.5 Å². The maximum atomic E-state index is 14.5. The molecule has 0 radical (unpaired) electrons. The largest absolute Gasteiger partial charge is 0.495 e. The van der Waals surface area contributed by atoms with E-state index in [0.29, 0.717) is 35.9 Å². The number of nitrogens with one attached hydrogen (secondary N) is 2. The fourth-order valence-corrected chi connectivity index (χ4v) is 8.08. The maximum Gasteiger partial charge on any atom is 0.408 e. The van der Waals surface area contributed by atoms with Crippen molar-refractivity contribution in [2.24, 2.45) is 5.92 Å². The van der Waals surface area contributed by atoms with Crippen molar-refractivity contribution in [3.8, 4) is 11.5 Å². The van der Waals surface area contributed by atoms with E-state index in [-0.39, 0.29) is 52.6 Å². The number of alkyl carbamates (subject to hydrolysis) is 1. The number of esters is 1. The molecule has 2 aliphatic heterocycles. The van der Waals surface area contributed by atoms with Gasteiger partial charge in [-0.3, -0.25) is 14.4 Å². The molecule has 0 bridgehead atoms. The lowest BCUT2D eigenvalue weighted by atomic mass is 10.0. The summed E-state index contributed by atoms with van der Waals surface area (Å²) in [4.78, 5) is 73.6. The van der Waals surface area contributed by atoms with Crippen LogP contribution in [0.4, 0.5) is 4.79 Å². The van der Waals surface area contributed by atoms with Gasteiger partial charge in [-0.2, -0.15) is 0 Å². The molecule has 1 aromatic carbocycles. The molecule has 0 spiro atoms. The first-order chi connectivity index (χ1) is 25.1. The zero-order valence-electron chi connectivity index (χ0n) is 29.3. The van der Waals surface area contributed by atoms with Gasteiger partial charge in [-0.1, -0.05) is 52.5 Å². The molecular weight excluding hydrogens is 760 g/mol. The fourth-order valence-electron chi connectivity index (χ4n) is 7.50. The van der Waals surface area contributed by atoms with Gasteiger partial charge in [0.15, 0.2) is 5.78 Å². The number of allylic oxidation sites excluding steroid dienone is 1. The number of rotatable bonds is 8. The van der Waals surface area contributed by atoms with Gasteiger partial charge < -0.3 is 34.5 Å². The molecule has 3 fully saturated rings. The first-order valence-corrected chi connectivity index (χ1v) is 19.4.